The first-order chi connectivity index (χ1) is 9.60. The van der Waals surface area contributed by atoms with Crippen molar-refractivity contribution < 1.29 is 9.84 Å². The van der Waals surface area contributed by atoms with Gasteiger partial charge in [0.2, 0.25) is 0 Å². The number of benzene rings is 1. The molecule has 106 valence electrons. The summed E-state index contributed by atoms with van der Waals surface area (Å²) in [5.41, 5.74) is 1.26. The Kier molecular flexibility index (Phi) is 4.53. The number of nitrogens with zero attached hydrogens (tertiary/aromatic N) is 2. The number of aromatic nitrogens is 2. The Labute approximate surface area is 117 Å². The van der Waals surface area contributed by atoms with E-state index < -0.39 is 6.10 Å². The highest BCUT2D eigenvalue weighted by atomic mass is 16.5. The van der Waals surface area contributed by atoms with Crippen LogP contribution in [-0.2, 0) is 6.54 Å². The number of hydrogen-bond donors (Lipinski definition) is 1. The maximum absolute atomic E-state index is 11.6. The first-order valence-electron chi connectivity index (χ1n) is 6.54. The Hall–Kier alpha value is -2.14. The number of hydrogen-bond acceptors (Lipinski definition) is 4. The number of rotatable bonds is 5. The van der Waals surface area contributed by atoms with E-state index in [0.717, 1.165) is 16.9 Å². The fourth-order valence-corrected chi connectivity index (χ4v) is 1.94. The van der Waals surface area contributed by atoms with Crippen LogP contribution < -0.4 is 10.4 Å². The Bertz CT molecular complexity index is 620. The summed E-state index contributed by atoms with van der Waals surface area (Å²) in [6.07, 6.45) is 2.45. The standard InChI is InChI=1S/C15H18N2O3/c1-3-20-13-6-4-12(5-7-13)14(18)10-17-9-11(2)8-16-15(17)19/h4-9,14,18H,3,10H2,1-2H3. The minimum atomic E-state index is -0.757. The first kappa shape index (κ1) is 14.3. The van der Waals surface area contributed by atoms with E-state index >= 15 is 0 Å². The Balaban J connectivity index is 2.13. The van der Waals surface area contributed by atoms with Crippen molar-refractivity contribution in [2.24, 2.45) is 0 Å². The second-order valence-corrected chi connectivity index (χ2v) is 4.58. The van der Waals surface area contributed by atoms with Crippen LogP contribution in [0.15, 0.2) is 41.5 Å². The van der Waals surface area contributed by atoms with Crippen LogP contribution in [-0.4, -0.2) is 21.3 Å². The maximum Gasteiger partial charge on any atom is 0.347 e. The predicted molar refractivity (Wildman–Crippen MR) is 75.8 cm³/mol. The molecule has 0 aliphatic carbocycles. The van der Waals surface area contributed by atoms with Crippen LogP contribution in [0.25, 0.3) is 0 Å². The van der Waals surface area contributed by atoms with Gasteiger partial charge >= 0.3 is 5.69 Å². The van der Waals surface area contributed by atoms with E-state index in [0.29, 0.717) is 6.61 Å². The van der Waals surface area contributed by atoms with Gasteiger partial charge in [-0.15, -0.1) is 0 Å². The number of aryl methyl sites for hydroxylation is 1. The van der Waals surface area contributed by atoms with Crippen molar-refractivity contribution in [3.05, 3.63) is 58.3 Å². The van der Waals surface area contributed by atoms with Crippen LogP contribution in [0.3, 0.4) is 0 Å². The SMILES string of the molecule is CCOc1ccc(C(O)Cn2cc(C)cnc2=O)cc1. The van der Waals surface area contributed by atoms with Crippen LogP contribution in [0, 0.1) is 6.92 Å². The molecule has 1 unspecified atom stereocenters. The van der Waals surface area contributed by atoms with Gasteiger partial charge in [0.05, 0.1) is 19.3 Å². The highest BCUT2D eigenvalue weighted by Gasteiger charge is 2.10. The predicted octanol–water partition coefficient (Wildman–Crippen LogP) is 1.68. The van der Waals surface area contributed by atoms with Gasteiger partial charge in [-0.05, 0) is 37.1 Å². The van der Waals surface area contributed by atoms with Crippen molar-refractivity contribution in [1.82, 2.24) is 9.55 Å². The summed E-state index contributed by atoms with van der Waals surface area (Å²) in [5, 5.41) is 10.2. The van der Waals surface area contributed by atoms with Gasteiger partial charge in [-0.3, -0.25) is 4.57 Å². The molecular formula is C15H18N2O3. The Morgan fingerprint density at radius 2 is 2.05 bits per heavy atom. The molecule has 1 N–H and O–H groups in total. The van der Waals surface area contributed by atoms with Crippen LogP contribution in [0.5, 0.6) is 5.75 Å². The van der Waals surface area contributed by atoms with Crippen molar-refractivity contribution in [3.8, 4) is 5.75 Å². The summed E-state index contributed by atoms with van der Waals surface area (Å²) < 4.78 is 6.76. The summed E-state index contributed by atoms with van der Waals surface area (Å²) in [6.45, 7) is 4.56. The zero-order valence-corrected chi connectivity index (χ0v) is 11.6. The quantitative estimate of drug-likeness (QED) is 0.901. The fraction of sp³-hybridized carbons (Fsp3) is 0.333. The van der Waals surface area contributed by atoms with Crippen molar-refractivity contribution in [3.63, 3.8) is 0 Å². The molecule has 1 aromatic heterocycles. The average Bonchev–Trinajstić information content (AvgIpc) is 2.44. The summed E-state index contributed by atoms with van der Waals surface area (Å²) in [5.74, 6) is 0.762. The number of aliphatic hydroxyl groups excluding tert-OH is 1. The molecule has 0 bridgehead atoms. The average molecular weight is 274 g/mol. The molecule has 20 heavy (non-hydrogen) atoms. The highest BCUT2D eigenvalue weighted by Crippen LogP contribution is 2.18. The first-order valence-corrected chi connectivity index (χ1v) is 6.54. The van der Waals surface area contributed by atoms with Gasteiger partial charge in [-0.25, -0.2) is 9.78 Å². The summed E-state index contributed by atoms with van der Waals surface area (Å²) in [6, 6.07) is 7.20. The number of ether oxygens (including phenoxy) is 1. The second kappa shape index (κ2) is 6.34. The van der Waals surface area contributed by atoms with Crippen molar-refractivity contribution in [1.29, 1.82) is 0 Å². The molecular weight excluding hydrogens is 256 g/mol. The molecule has 0 radical (unpaired) electrons. The molecule has 1 heterocycles. The Morgan fingerprint density at radius 3 is 2.70 bits per heavy atom. The zero-order chi connectivity index (χ0) is 14.5. The summed E-state index contributed by atoms with van der Waals surface area (Å²) in [7, 11) is 0. The van der Waals surface area contributed by atoms with Crippen LogP contribution in [0.1, 0.15) is 24.2 Å². The van der Waals surface area contributed by atoms with E-state index in [4.69, 9.17) is 4.74 Å². The van der Waals surface area contributed by atoms with Gasteiger partial charge in [-0.1, -0.05) is 12.1 Å². The molecule has 5 heteroatoms. The molecule has 1 aromatic carbocycles. The Morgan fingerprint density at radius 1 is 1.35 bits per heavy atom. The topological polar surface area (TPSA) is 64.3 Å². The summed E-state index contributed by atoms with van der Waals surface area (Å²) in [4.78, 5) is 15.3. The second-order valence-electron chi connectivity index (χ2n) is 4.58. The van der Waals surface area contributed by atoms with Gasteiger partial charge in [0.25, 0.3) is 0 Å². The minimum absolute atomic E-state index is 0.182. The molecule has 0 aliphatic heterocycles. The lowest BCUT2D eigenvalue weighted by atomic mass is 10.1. The smallest absolute Gasteiger partial charge is 0.347 e. The molecule has 0 saturated carbocycles. The molecule has 1 atom stereocenters. The maximum atomic E-state index is 11.6. The van der Waals surface area contributed by atoms with Gasteiger partial charge in [0.15, 0.2) is 0 Å². The molecule has 0 aliphatic rings. The molecule has 2 aromatic rings. The third-order valence-electron chi connectivity index (χ3n) is 2.93. The number of aliphatic hydroxyl groups is 1. The van der Waals surface area contributed by atoms with Crippen molar-refractivity contribution in [2.75, 3.05) is 6.61 Å². The minimum Gasteiger partial charge on any atom is -0.494 e. The van der Waals surface area contributed by atoms with Gasteiger partial charge < -0.3 is 9.84 Å². The molecule has 5 nitrogen and oxygen atoms in total. The lowest BCUT2D eigenvalue weighted by Gasteiger charge is -2.13. The van der Waals surface area contributed by atoms with Crippen molar-refractivity contribution in [2.45, 2.75) is 26.5 Å². The highest BCUT2D eigenvalue weighted by molar-refractivity contribution is 5.28. The lowest BCUT2D eigenvalue weighted by Crippen LogP contribution is -2.25. The van der Waals surface area contributed by atoms with Crippen LogP contribution in [0.4, 0.5) is 0 Å². The van der Waals surface area contributed by atoms with Crippen LogP contribution >= 0.6 is 0 Å². The molecule has 0 fully saturated rings. The molecule has 0 amide bonds. The van der Waals surface area contributed by atoms with E-state index in [-0.39, 0.29) is 12.2 Å². The van der Waals surface area contributed by atoms with Crippen molar-refractivity contribution >= 4 is 0 Å². The molecule has 0 saturated heterocycles. The largest absolute Gasteiger partial charge is 0.494 e. The molecule has 2 rings (SSSR count). The monoisotopic (exact) mass is 274 g/mol. The fourth-order valence-electron chi connectivity index (χ4n) is 1.94. The van der Waals surface area contributed by atoms with E-state index in [1.165, 1.54) is 10.8 Å². The van der Waals surface area contributed by atoms with Crippen LogP contribution in [0.2, 0.25) is 0 Å². The zero-order valence-electron chi connectivity index (χ0n) is 11.6. The third kappa shape index (κ3) is 3.45. The molecule has 0 spiro atoms. The van der Waals surface area contributed by atoms with Gasteiger partial charge in [0.1, 0.15) is 5.75 Å². The summed E-state index contributed by atoms with van der Waals surface area (Å²) >= 11 is 0. The lowest BCUT2D eigenvalue weighted by molar-refractivity contribution is 0.154. The van der Waals surface area contributed by atoms with E-state index in [1.54, 1.807) is 30.5 Å². The van der Waals surface area contributed by atoms with E-state index in [2.05, 4.69) is 4.98 Å². The van der Waals surface area contributed by atoms with Gasteiger partial charge in [0, 0.05) is 12.4 Å². The van der Waals surface area contributed by atoms with Gasteiger partial charge in [-0.2, -0.15) is 0 Å². The van der Waals surface area contributed by atoms with E-state index in [9.17, 15) is 9.90 Å². The van der Waals surface area contributed by atoms with E-state index in [1.807, 2.05) is 13.8 Å². The normalized spacial score (nSPS) is 12.2. The third-order valence-corrected chi connectivity index (χ3v) is 2.93.